The molecule has 18 heavy (non-hydrogen) atoms. The number of methoxy groups -OCH3 is 1. The van der Waals surface area contributed by atoms with Gasteiger partial charge in [0.2, 0.25) is 0 Å². The van der Waals surface area contributed by atoms with Crippen molar-refractivity contribution in [3.63, 3.8) is 0 Å². The van der Waals surface area contributed by atoms with E-state index in [1.807, 2.05) is 24.3 Å². The Labute approximate surface area is 114 Å². The van der Waals surface area contributed by atoms with Crippen molar-refractivity contribution in [3.05, 3.63) is 40.8 Å². The number of rotatable bonds is 4. The van der Waals surface area contributed by atoms with E-state index in [0.717, 1.165) is 27.3 Å². The molecular weight excluding hydrogens is 294 g/mol. The number of ether oxygens (including phenoxy) is 1. The highest BCUT2D eigenvalue weighted by atomic mass is 79.9. The lowest BCUT2D eigenvalue weighted by atomic mass is 10.1. The Morgan fingerprint density at radius 1 is 1.33 bits per heavy atom. The molecule has 2 rings (SSSR count). The van der Waals surface area contributed by atoms with Crippen molar-refractivity contribution in [2.24, 2.45) is 5.73 Å². The Bertz CT molecular complexity index is 546. The summed E-state index contributed by atoms with van der Waals surface area (Å²) in [6, 6.07) is 7.74. The molecule has 1 aromatic carbocycles. The summed E-state index contributed by atoms with van der Waals surface area (Å²) < 4.78 is 6.11. The largest absolute Gasteiger partial charge is 0.496 e. The van der Waals surface area contributed by atoms with Crippen molar-refractivity contribution in [2.75, 3.05) is 13.7 Å². The molecule has 0 saturated carbocycles. The van der Waals surface area contributed by atoms with Crippen LogP contribution >= 0.6 is 15.9 Å². The van der Waals surface area contributed by atoms with Crippen LogP contribution in [0.4, 0.5) is 0 Å². The van der Waals surface area contributed by atoms with Gasteiger partial charge in [0.15, 0.2) is 0 Å². The van der Waals surface area contributed by atoms with Crippen molar-refractivity contribution in [3.8, 4) is 17.0 Å². The van der Waals surface area contributed by atoms with Crippen LogP contribution in [0.15, 0.2) is 34.9 Å². The molecule has 2 aromatic rings. The van der Waals surface area contributed by atoms with Crippen LogP contribution in [0.1, 0.15) is 5.82 Å². The highest BCUT2D eigenvalue weighted by molar-refractivity contribution is 9.10. The van der Waals surface area contributed by atoms with Crippen molar-refractivity contribution in [1.29, 1.82) is 0 Å². The van der Waals surface area contributed by atoms with E-state index < -0.39 is 0 Å². The predicted octanol–water partition coefficient (Wildman–Crippen LogP) is 2.42. The minimum absolute atomic E-state index is 0.551. The van der Waals surface area contributed by atoms with Crippen LogP contribution in [0.3, 0.4) is 0 Å². The van der Waals surface area contributed by atoms with E-state index in [2.05, 4.69) is 25.9 Å². The monoisotopic (exact) mass is 307 g/mol. The molecule has 5 heteroatoms. The van der Waals surface area contributed by atoms with Gasteiger partial charge in [-0.05, 0) is 46.7 Å². The average Bonchev–Trinajstić information content (AvgIpc) is 2.39. The van der Waals surface area contributed by atoms with E-state index in [1.165, 1.54) is 0 Å². The highest BCUT2D eigenvalue weighted by Crippen LogP contribution is 2.29. The fraction of sp³-hybridized carbons (Fsp3) is 0.231. The summed E-state index contributed by atoms with van der Waals surface area (Å²) in [4.78, 5) is 8.66. The SMILES string of the molecule is COc1ccc(-c2ccnc(CCN)n2)cc1Br. The molecule has 0 spiro atoms. The molecule has 1 heterocycles. The molecule has 0 aliphatic rings. The average molecular weight is 308 g/mol. The number of nitrogens with two attached hydrogens (primary N) is 1. The molecule has 1 aromatic heterocycles. The van der Waals surface area contributed by atoms with Gasteiger partial charge in [0.1, 0.15) is 11.6 Å². The molecule has 94 valence electrons. The van der Waals surface area contributed by atoms with Crippen LogP contribution in [-0.2, 0) is 6.42 Å². The maximum Gasteiger partial charge on any atom is 0.133 e. The first kappa shape index (κ1) is 13.0. The van der Waals surface area contributed by atoms with Gasteiger partial charge in [-0.2, -0.15) is 0 Å². The summed E-state index contributed by atoms with van der Waals surface area (Å²) in [5, 5.41) is 0. The fourth-order valence-corrected chi connectivity index (χ4v) is 2.18. The Hall–Kier alpha value is -1.46. The van der Waals surface area contributed by atoms with Gasteiger partial charge in [-0.3, -0.25) is 0 Å². The van der Waals surface area contributed by atoms with E-state index in [-0.39, 0.29) is 0 Å². The fourth-order valence-electron chi connectivity index (χ4n) is 1.64. The van der Waals surface area contributed by atoms with E-state index >= 15 is 0 Å². The van der Waals surface area contributed by atoms with Gasteiger partial charge < -0.3 is 10.5 Å². The topological polar surface area (TPSA) is 61.0 Å². The third-order valence-corrected chi connectivity index (χ3v) is 3.14. The summed E-state index contributed by atoms with van der Waals surface area (Å²) in [5.74, 6) is 1.57. The van der Waals surface area contributed by atoms with Crippen molar-refractivity contribution < 1.29 is 4.74 Å². The second-order valence-electron chi connectivity index (χ2n) is 3.75. The van der Waals surface area contributed by atoms with Crippen molar-refractivity contribution in [1.82, 2.24) is 9.97 Å². The number of hydrogen-bond acceptors (Lipinski definition) is 4. The standard InChI is InChI=1S/C13H14BrN3O/c1-18-12-3-2-9(8-10(12)14)11-5-7-16-13(17-11)4-6-15/h2-3,5,7-8H,4,6,15H2,1H3. The van der Waals surface area contributed by atoms with Crippen LogP contribution in [-0.4, -0.2) is 23.6 Å². The van der Waals surface area contributed by atoms with Crippen molar-refractivity contribution in [2.45, 2.75) is 6.42 Å². The Morgan fingerprint density at radius 3 is 2.83 bits per heavy atom. The lowest BCUT2D eigenvalue weighted by Gasteiger charge is -2.07. The third kappa shape index (κ3) is 2.86. The Morgan fingerprint density at radius 2 is 2.17 bits per heavy atom. The molecule has 0 radical (unpaired) electrons. The second kappa shape index (κ2) is 5.93. The molecule has 0 aliphatic heterocycles. The summed E-state index contributed by atoms with van der Waals surface area (Å²) in [7, 11) is 1.64. The first-order chi connectivity index (χ1) is 8.74. The smallest absolute Gasteiger partial charge is 0.133 e. The number of aromatic nitrogens is 2. The van der Waals surface area contributed by atoms with E-state index in [1.54, 1.807) is 13.3 Å². The van der Waals surface area contributed by atoms with Gasteiger partial charge >= 0.3 is 0 Å². The van der Waals surface area contributed by atoms with Crippen LogP contribution in [0.25, 0.3) is 11.3 Å². The van der Waals surface area contributed by atoms with Crippen LogP contribution < -0.4 is 10.5 Å². The summed E-state index contributed by atoms with van der Waals surface area (Å²) in [6.45, 7) is 0.551. The molecule has 0 fully saturated rings. The first-order valence-corrected chi connectivity index (χ1v) is 6.40. The Kier molecular flexibility index (Phi) is 4.28. The zero-order chi connectivity index (χ0) is 13.0. The number of benzene rings is 1. The summed E-state index contributed by atoms with van der Waals surface area (Å²) in [5.41, 5.74) is 7.41. The molecule has 4 nitrogen and oxygen atoms in total. The number of nitrogens with zero attached hydrogens (tertiary/aromatic N) is 2. The lowest BCUT2D eigenvalue weighted by Crippen LogP contribution is -2.06. The lowest BCUT2D eigenvalue weighted by molar-refractivity contribution is 0.412. The highest BCUT2D eigenvalue weighted by Gasteiger charge is 2.05. The minimum atomic E-state index is 0.551. The summed E-state index contributed by atoms with van der Waals surface area (Å²) in [6.07, 6.45) is 2.44. The molecule has 2 N–H and O–H groups in total. The molecule has 0 bridgehead atoms. The molecule has 0 amide bonds. The minimum Gasteiger partial charge on any atom is -0.496 e. The first-order valence-electron chi connectivity index (χ1n) is 5.60. The maximum absolute atomic E-state index is 5.51. The van der Waals surface area contributed by atoms with Gasteiger partial charge in [0.05, 0.1) is 17.3 Å². The molecule has 0 saturated heterocycles. The third-order valence-electron chi connectivity index (χ3n) is 2.52. The predicted molar refractivity (Wildman–Crippen MR) is 74.5 cm³/mol. The molecule has 0 atom stereocenters. The maximum atomic E-state index is 5.51. The molecule has 0 unspecified atom stereocenters. The van der Waals surface area contributed by atoms with Crippen molar-refractivity contribution >= 4 is 15.9 Å². The second-order valence-corrected chi connectivity index (χ2v) is 4.60. The van der Waals surface area contributed by atoms with Crippen LogP contribution in [0, 0.1) is 0 Å². The quantitative estimate of drug-likeness (QED) is 0.942. The molecular formula is C13H14BrN3O. The van der Waals surface area contributed by atoms with Gasteiger partial charge in [-0.25, -0.2) is 9.97 Å². The van der Waals surface area contributed by atoms with Crippen LogP contribution in [0.5, 0.6) is 5.75 Å². The zero-order valence-electron chi connectivity index (χ0n) is 10.1. The number of hydrogen-bond donors (Lipinski definition) is 1. The zero-order valence-corrected chi connectivity index (χ0v) is 11.6. The van der Waals surface area contributed by atoms with Crippen LogP contribution in [0.2, 0.25) is 0 Å². The van der Waals surface area contributed by atoms with Gasteiger partial charge in [0.25, 0.3) is 0 Å². The number of halogens is 1. The molecule has 0 aliphatic carbocycles. The Balaban J connectivity index is 2.36. The van der Waals surface area contributed by atoms with E-state index in [9.17, 15) is 0 Å². The van der Waals surface area contributed by atoms with Gasteiger partial charge in [-0.15, -0.1) is 0 Å². The van der Waals surface area contributed by atoms with Gasteiger partial charge in [0, 0.05) is 18.2 Å². The van der Waals surface area contributed by atoms with E-state index in [0.29, 0.717) is 13.0 Å². The van der Waals surface area contributed by atoms with Gasteiger partial charge in [-0.1, -0.05) is 0 Å². The van der Waals surface area contributed by atoms with E-state index in [4.69, 9.17) is 10.5 Å². The summed E-state index contributed by atoms with van der Waals surface area (Å²) >= 11 is 3.47. The normalized spacial score (nSPS) is 10.4.